The highest BCUT2D eigenvalue weighted by atomic mass is 16.5. The molecule has 4 N–H and O–H groups in total. The van der Waals surface area contributed by atoms with Crippen molar-refractivity contribution in [1.82, 2.24) is 31.0 Å². The van der Waals surface area contributed by atoms with Crippen molar-refractivity contribution in [2.24, 2.45) is 0 Å². The summed E-state index contributed by atoms with van der Waals surface area (Å²) in [7, 11) is 3.49. The van der Waals surface area contributed by atoms with Crippen LogP contribution in [0.4, 0.5) is 0 Å². The molecular formula is C30H42N6O2. The Morgan fingerprint density at radius 2 is 1.95 bits per heavy atom. The van der Waals surface area contributed by atoms with Crippen molar-refractivity contribution in [2.75, 3.05) is 33.7 Å². The number of amides is 1. The number of nitrogens with zero attached hydrogens (tertiary/aromatic N) is 2. The van der Waals surface area contributed by atoms with Crippen molar-refractivity contribution >= 4 is 22.4 Å². The lowest BCUT2D eigenvalue weighted by Gasteiger charge is -2.43. The first kappa shape index (κ1) is 27.8. The molecule has 2 aliphatic rings. The first-order valence-electron chi connectivity index (χ1n) is 13.4. The number of ether oxygens (including phenoxy) is 1. The zero-order valence-electron chi connectivity index (χ0n) is 23.5. The summed E-state index contributed by atoms with van der Waals surface area (Å²) in [5, 5.41) is 18.7. The molecule has 1 aromatic heterocycles. The second kappa shape index (κ2) is 11.7. The number of aromatic nitrogens is 2. The molecule has 0 bridgehead atoms. The quantitative estimate of drug-likeness (QED) is 0.297. The summed E-state index contributed by atoms with van der Waals surface area (Å²) in [6.07, 6.45) is 13.7. The fourth-order valence-corrected chi connectivity index (χ4v) is 5.34. The standard InChI is InChI=1S/C30H42N6O2/c1-29(2)17-24(18-30(3,4)38-29)28(21-9-11-25-23(16-21)20-34-35-25)22-10-12-26(33-19-22)32-15-14-31-13-7-8-27(37)36(5)6/h7-12,16,19-20,26,31-33H,13-15,17-18H2,1-6H3,(H,34,35)/b8-7+. The van der Waals surface area contributed by atoms with Crippen LogP contribution in [0, 0.1) is 0 Å². The number of carbonyl (C=O) groups excluding carboxylic acids is 1. The SMILES string of the molecule is CN(C)C(=O)/C=C/CNCCNC1C=CC(C(=C2CC(C)(C)OC(C)(C)C2)c2ccc3[nH]ncc3c2)=CN1. The van der Waals surface area contributed by atoms with Crippen LogP contribution in [0.2, 0.25) is 0 Å². The van der Waals surface area contributed by atoms with Gasteiger partial charge in [-0.3, -0.25) is 15.2 Å². The minimum Gasteiger partial charge on any atom is -0.372 e. The maximum absolute atomic E-state index is 11.6. The summed E-state index contributed by atoms with van der Waals surface area (Å²) in [6, 6.07) is 6.52. The minimum absolute atomic E-state index is 0.00374. The Bertz CT molecular complexity index is 1250. The van der Waals surface area contributed by atoms with E-state index in [9.17, 15) is 4.79 Å². The third-order valence-electron chi connectivity index (χ3n) is 6.72. The zero-order valence-corrected chi connectivity index (χ0v) is 23.5. The number of nitrogens with one attached hydrogen (secondary N) is 4. The molecule has 0 radical (unpaired) electrons. The molecule has 8 nitrogen and oxygen atoms in total. The number of carbonyl (C=O) groups is 1. The molecule has 1 aromatic carbocycles. The molecule has 1 fully saturated rings. The average molecular weight is 519 g/mol. The van der Waals surface area contributed by atoms with E-state index in [0.29, 0.717) is 6.54 Å². The fraction of sp³-hybridized carbons (Fsp3) is 0.467. The predicted molar refractivity (Wildman–Crippen MR) is 154 cm³/mol. The number of likely N-dealkylation sites (N-methyl/N-ethyl adjacent to an activating group) is 1. The van der Waals surface area contributed by atoms with Crippen molar-refractivity contribution < 1.29 is 9.53 Å². The number of dihydropyridines is 1. The fourth-order valence-electron chi connectivity index (χ4n) is 5.34. The van der Waals surface area contributed by atoms with Crippen LogP contribution in [0.15, 0.2) is 66.0 Å². The van der Waals surface area contributed by atoms with E-state index >= 15 is 0 Å². The molecule has 204 valence electrons. The number of hydrogen-bond acceptors (Lipinski definition) is 6. The maximum Gasteiger partial charge on any atom is 0.245 e. The Morgan fingerprint density at radius 3 is 2.63 bits per heavy atom. The van der Waals surface area contributed by atoms with E-state index in [-0.39, 0.29) is 23.3 Å². The molecule has 8 heteroatoms. The van der Waals surface area contributed by atoms with Crippen LogP contribution in [0.5, 0.6) is 0 Å². The number of fused-ring (bicyclic) bond motifs is 1. The third-order valence-corrected chi connectivity index (χ3v) is 6.72. The van der Waals surface area contributed by atoms with Gasteiger partial charge in [-0.05, 0) is 75.5 Å². The molecule has 0 aliphatic carbocycles. The number of benzene rings is 1. The van der Waals surface area contributed by atoms with E-state index in [1.165, 1.54) is 22.3 Å². The average Bonchev–Trinajstić information content (AvgIpc) is 3.30. The number of H-pyrrole nitrogens is 1. The van der Waals surface area contributed by atoms with Gasteiger partial charge in [-0.15, -0.1) is 0 Å². The minimum atomic E-state index is -0.236. The Labute approximate surface area is 226 Å². The van der Waals surface area contributed by atoms with E-state index in [4.69, 9.17) is 4.74 Å². The van der Waals surface area contributed by atoms with Crippen LogP contribution in [0.3, 0.4) is 0 Å². The maximum atomic E-state index is 11.6. The molecule has 3 heterocycles. The number of hydrogen-bond donors (Lipinski definition) is 4. The van der Waals surface area contributed by atoms with Crippen molar-refractivity contribution in [3.63, 3.8) is 0 Å². The Kier molecular flexibility index (Phi) is 8.55. The summed E-state index contributed by atoms with van der Waals surface area (Å²) >= 11 is 0. The lowest BCUT2D eigenvalue weighted by Crippen LogP contribution is -2.43. The van der Waals surface area contributed by atoms with Crippen LogP contribution >= 0.6 is 0 Å². The largest absolute Gasteiger partial charge is 0.372 e. The van der Waals surface area contributed by atoms with Crippen molar-refractivity contribution in [1.29, 1.82) is 0 Å². The number of rotatable bonds is 9. The highest BCUT2D eigenvalue weighted by Gasteiger charge is 2.38. The highest BCUT2D eigenvalue weighted by Crippen LogP contribution is 2.43. The van der Waals surface area contributed by atoms with Crippen LogP contribution in [0.1, 0.15) is 46.1 Å². The van der Waals surface area contributed by atoms with Gasteiger partial charge in [0.25, 0.3) is 0 Å². The van der Waals surface area contributed by atoms with Gasteiger partial charge >= 0.3 is 0 Å². The van der Waals surface area contributed by atoms with Gasteiger partial charge in [0.05, 0.1) is 29.1 Å². The van der Waals surface area contributed by atoms with Crippen molar-refractivity contribution in [2.45, 2.75) is 57.9 Å². The van der Waals surface area contributed by atoms with Crippen LogP contribution in [-0.2, 0) is 9.53 Å². The molecule has 0 saturated carbocycles. The van der Waals surface area contributed by atoms with Crippen molar-refractivity contribution in [3.8, 4) is 0 Å². The second-order valence-corrected chi connectivity index (χ2v) is 11.5. The Morgan fingerprint density at radius 1 is 1.18 bits per heavy atom. The van der Waals surface area contributed by atoms with Gasteiger partial charge in [0.1, 0.15) is 0 Å². The van der Waals surface area contributed by atoms with Gasteiger partial charge in [-0.1, -0.05) is 23.8 Å². The predicted octanol–water partition coefficient (Wildman–Crippen LogP) is 3.88. The van der Waals surface area contributed by atoms with Gasteiger partial charge < -0.3 is 20.3 Å². The van der Waals surface area contributed by atoms with Crippen molar-refractivity contribution in [3.05, 3.63) is 71.6 Å². The number of aromatic amines is 1. The molecule has 1 amide bonds. The summed E-state index contributed by atoms with van der Waals surface area (Å²) in [6.45, 7) is 11.0. The smallest absolute Gasteiger partial charge is 0.245 e. The molecule has 1 atom stereocenters. The zero-order chi connectivity index (χ0) is 27.3. The summed E-state index contributed by atoms with van der Waals surface area (Å²) in [5.74, 6) is -0.00374. The van der Waals surface area contributed by atoms with Crippen LogP contribution in [-0.4, -0.2) is 72.1 Å². The van der Waals surface area contributed by atoms with Gasteiger partial charge in [0, 0.05) is 51.4 Å². The molecule has 2 aliphatic heterocycles. The van der Waals surface area contributed by atoms with E-state index in [1.54, 1.807) is 25.1 Å². The highest BCUT2D eigenvalue weighted by molar-refractivity contribution is 5.90. The van der Waals surface area contributed by atoms with E-state index in [2.05, 4.69) is 90.4 Å². The molecular weight excluding hydrogens is 476 g/mol. The summed E-state index contributed by atoms with van der Waals surface area (Å²) in [5.41, 5.74) is 5.60. The Hall–Kier alpha value is -3.20. The van der Waals surface area contributed by atoms with E-state index in [0.717, 1.165) is 36.8 Å². The van der Waals surface area contributed by atoms with Gasteiger partial charge in [-0.25, -0.2) is 0 Å². The van der Waals surface area contributed by atoms with Crippen LogP contribution in [0.25, 0.3) is 16.5 Å². The van der Waals surface area contributed by atoms with Gasteiger partial charge in [0.2, 0.25) is 5.91 Å². The molecule has 1 saturated heterocycles. The van der Waals surface area contributed by atoms with E-state index in [1.807, 2.05) is 12.3 Å². The molecule has 38 heavy (non-hydrogen) atoms. The lowest BCUT2D eigenvalue weighted by molar-refractivity contribution is -0.138. The topological polar surface area (TPSA) is 94.3 Å². The van der Waals surface area contributed by atoms with Crippen LogP contribution < -0.4 is 16.0 Å². The summed E-state index contributed by atoms with van der Waals surface area (Å²) in [4.78, 5) is 13.1. The lowest BCUT2D eigenvalue weighted by atomic mass is 9.79. The first-order valence-corrected chi connectivity index (χ1v) is 13.4. The molecule has 2 aromatic rings. The Balaban J connectivity index is 1.45. The summed E-state index contributed by atoms with van der Waals surface area (Å²) < 4.78 is 6.40. The van der Waals surface area contributed by atoms with E-state index < -0.39 is 0 Å². The first-order chi connectivity index (χ1) is 18.0. The molecule has 0 spiro atoms. The normalized spacial score (nSPS) is 20.4. The van der Waals surface area contributed by atoms with Gasteiger partial charge in [0.15, 0.2) is 0 Å². The third kappa shape index (κ3) is 7.22. The van der Waals surface area contributed by atoms with Gasteiger partial charge in [-0.2, -0.15) is 5.10 Å². The molecule has 4 rings (SSSR count). The number of allylic oxidation sites excluding steroid dienone is 3. The second-order valence-electron chi connectivity index (χ2n) is 11.5. The monoisotopic (exact) mass is 518 g/mol. The molecule has 1 unspecified atom stereocenters.